The number of carbonyl (C=O) groups is 2. The molecule has 0 radical (unpaired) electrons. The van der Waals surface area contributed by atoms with Crippen molar-refractivity contribution in [2.24, 2.45) is 17.8 Å². The Hall–Kier alpha value is -4.33. The lowest BCUT2D eigenvalue weighted by molar-refractivity contribution is -0.143. The summed E-state index contributed by atoms with van der Waals surface area (Å²) in [5, 5.41) is 4.71. The van der Waals surface area contributed by atoms with Gasteiger partial charge in [-0.3, -0.25) is 19.1 Å². The molecule has 7 rings (SSSR count). The smallest absolute Gasteiger partial charge is 0.326 e. The van der Waals surface area contributed by atoms with Gasteiger partial charge in [-0.05, 0) is 93.6 Å². The second-order valence-corrected chi connectivity index (χ2v) is 14.4. The molecule has 0 spiro atoms. The number of aromatic nitrogens is 3. The largest absolute Gasteiger partial charge is 0.397 e. The molecular weight excluding hydrogens is 638 g/mol. The zero-order valence-corrected chi connectivity index (χ0v) is 28.6. The van der Waals surface area contributed by atoms with Crippen LogP contribution in [0.3, 0.4) is 0 Å². The van der Waals surface area contributed by atoms with Gasteiger partial charge >= 0.3 is 5.69 Å². The van der Waals surface area contributed by atoms with E-state index < -0.39 is 5.92 Å². The predicted molar refractivity (Wildman–Crippen MR) is 193 cm³/mol. The molecule has 1 atom stereocenters. The number of nitrogen functional groups attached to an aromatic ring is 1. The highest BCUT2D eigenvalue weighted by molar-refractivity contribution is 6.33. The molecule has 4 N–H and O–H groups in total. The van der Waals surface area contributed by atoms with E-state index in [1.165, 1.54) is 12.8 Å². The van der Waals surface area contributed by atoms with E-state index in [9.17, 15) is 14.4 Å². The number of piperidine rings is 3. The van der Waals surface area contributed by atoms with E-state index in [1.54, 1.807) is 22.9 Å². The molecule has 3 aliphatic rings. The number of benzene rings is 2. The molecule has 49 heavy (non-hydrogen) atoms. The molecule has 256 valence electrons. The number of para-hydroxylation sites is 1. The highest BCUT2D eigenvalue weighted by Gasteiger charge is 2.35. The first kappa shape index (κ1) is 33.2. The number of rotatable bonds is 7. The molecule has 11 heteroatoms. The average molecular weight is 682 g/mol. The molecule has 2 aromatic heterocycles. The van der Waals surface area contributed by atoms with Gasteiger partial charge in [-0.1, -0.05) is 35.7 Å². The number of pyridine rings is 1. The van der Waals surface area contributed by atoms with E-state index in [0.29, 0.717) is 73.6 Å². The van der Waals surface area contributed by atoms with E-state index in [-0.39, 0.29) is 30.0 Å². The molecule has 0 aliphatic carbocycles. The highest BCUT2D eigenvalue weighted by Crippen LogP contribution is 2.33. The number of nitrogens with one attached hydrogen (secondary N) is 2. The average Bonchev–Trinajstić information content (AvgIpc) is 3.49. The topological polar surface area (TPSA) is 129 Å². The lowest BCUT2D eigenvalue weighted by atomic mass is 9.79. The summed E-state index contributed by atoms with van der Waals surface area (Å²) in [4.78, 5) is 52.7. The Morgan fingerprint density at radius 2 is 1.69 bits per heavy atom. The lowest BCUT2D eigenvalue weighted by Crippen LogP contribution is -2.46. The van der Waals surface area contributed by atoms with Crippen LogP contribution in [0.5, 0.6) is 0 Å². The summed E-state index contributed by atoms with van der Waals surface area (Å²) in [7, 11) is 0. The summed E-state index contributed by atoms with van der Waals surface area (Å²) in [6.07, 6.45) is 13.6. The monoisotopic (exact) mass is 681 g/mol. The van der Waals surface area contributed by atoms with Crippen molar-refractivity contribution in [2.45, 2.75) is 57.4 Å². The van der Waals surface area contributed by atoms with Gasteiger partial charge in [0.2, 0.25) is 11.8 Å². The van der Waals surface area contributed by atoms with Gasteiger partial charge in [0.1, 0.15) is 0 Å². The van der Waals surface area contributed by atoms with Crippen molar-refractivity contribution in [1.82, 2.24) is 29.7 Å². The highest BCUT2D eigenvalue weighted by atomic mass is 35.5. The van der Waals surface area contributed by atoms with Crippen LogP contribution >= 0.6 is 11.6 Å². The number of likely N-dealkylation sites (tertiary alicyclic amines) is 2. The quantitative estimate of drug-likeness (QED) is 0.191. The van der Waals surface area contributed by atoms with Gasteiger partial charge in [-0.15, -0.1) is 6.42 Å². The van der Waals surface area contributed by atoms with Crippen LogP contribution in [0.2, 0.25) is 5.02 Å². The molecule has 3 fully saturated rings. The summed E-state index contributed by atoms with van der Waals surface area (Å²) in [6, 6.07) is 11.3. The molecule has 3 aliphatic heterocycles. The van der Waals surface area contributed by atoms with Crippen LogP contribution in [0, 0.1) is 30.1 Å². The third-order valence-electron chi connectivity index (χ3n) is 11.1. The van der Waals surface area contributed by atoms with E-state index in [1.807, 2.05) is 34.1 Å². The summed E-state index contributed by atoms with van der Waals surface area (Å²) < 4.78 is 1.80. The van der Waals surface area contributed by atoms with Gasteiger partial charge in [0.05, 0.1) is 39.4 Å². The van der Waals surface area contributed by atoms with Crippen LogP contribution in [-0.2, 0) is 16.0 Å². The summed E-state index contributed by atoms with van der Waals surface area (Å²) in [6.45, 7) is 4.57. The van der Waals surface area contributed by atoms with Gasteiger partial charge in [0, 0.05) is 49.6 Å². The minimum absolute atomic E-state index is 0.00673. The van der Waals surface area contributed by atoms with Crippen LogP contribution < -0.4 is 16.7 Å². The van der Waals surface area contributed by atoms with Gasteiger partial charge in [0.25, 0.3) is 0 Å². The Bertz CT molecular complexity index is 1960. The fraction of sp³-hybridized carbons (Fsp3) is 0.474. The number of hydrogen-bond acceptors (Lipinski definition) is 6. The predicted octanol–water partition coefficient (Wildman–Crippen LogP) is 4.75. The number of nitrogens with two attached hydrogens (primary N) is 1. The van der Waals surface area contributed by atoms with Crippen LogP contribution in [0.4, 0.5) is 5.69 Å². The first-order valence-electron chi connectivity index (χ1n) is 17.6. The molecule has 0 unspecified atom stereocenters. The Morgan fingerprint density at radius 3 is 2.43 bits per heavy atom. The Balaban J connectivity index is 1.05. The molecule has 4 aromatic rings. The summed E-state index contributed by atoms with van der Waals surface area (Å²) in [5.41, 5.74) is 9.93. The third-order valence-corrected chi connectivity index (χ3v) is 11.5. The van der Waals surface area contributed by atoms with Gasteiger partial charge < -0.3 is 25.8 Å². The standard InChI is InChI=1S/C38H44ClN7O3/c1-2-25-19-24(21-31(39)35(25)40)20-28(37(48)45-15-9-27(10-16-45)26-7-13-41-14-8-26)22-34(47)44-17-11-29(12-18-44)46-33-23-42-32-6-4-3-5-30(32)36(33)43-38(46)49/h1,3-6,19,21,23,26-29,41H,7-18,20,22,40H2,(H,43,49)/t28-/m0/s1. The minimum atomic E-state index is -0.554. The number of terminal acetylenes is 1. The van der Waals surface area contributed by atoms with Crippen molar-refractivity contribution >= 4 is 51.0 Å². The number of imidazole rings is 1. The van der Waals surface area contributed by atoms with E-state index in [4.69, 9.17) is 23.8 Å². The Kier molecular flexibility index (Phi) is 9.66. The SMILES string of the molecule is C#Cc1cc(C[C@@H](CC(=O)N2CCC(n3c(=O)[nH]c4c5ccccc5ncc43)CC2)C(=O)N2CCC(C3CCNCC3)CC2)cc(Cl)c1N. The van der Waals surface area contributed by atoms with Crippen LogP contribution in [-0.4, -0.2) is 75.4 Å². The van der Waals surface area contributed by atoms with Crippen molar-refractivity contribution in [3.8, 4) is 12.3 Å². The van der Waals surface area contributed by atoms with Crippen LogP contribution in [0.1, 0.15) is 62.1 Å². The zero-order chi connectivity index (χ0) is 34.1. The summed E-state index contributed by atoms with van der Waals surface area (Å²) >= 11 is 6.43. The first-order valence-corrected chi connectivity index (χ1v) is 18.0. The van der Waals surface area contributed by atoms with Crippen LogP contribution in [0.25, 0.3) is 21.9 Å². The van der Waals surface area contributed by atoms with Gasteiger partial charge in [-0.25, -0.2) is 4.79 Å². The Labute approximate surface area is 291 Å². The van der Waals surface area contributed by atoms with E-state index in [2.05, 4.69) is 21.2 Å². The zero-order valence-electron chi connectivity index (χ0n) is 27.8. The molecule has 5 heterocycles. The number of amides is 2. The lowest BCUT2D eigenvalue weighted by Gasteiger charge is -2.39. The van der Waals surface area contributed by atoms with Crippen LogP contribution in [0.15, 0.2) is 47.4 Å². The molecule has 2 amide bonds. The maximum atomic E-state index is 14.2. The molecule has 2 aromatic carbocycles. The normalized spacial score (nSPS) is 18.9. The van der Waals surface area contributed by atoms with Crippen molar-refractivity contribution in [3.63, 3.8) is 0 Å². The molecule has 3 saturated heterocycles. The van der Waals surface area contributed by atoms with E-state index >= 15 is 0 Å². The first-order chi connectivity index (χ1) is 23.8. The number of halogens is 1. The van der Waals surface area contributed by atoms with Gasteiger partial charge in [-0.2, -0.15) is 0 Å². The van der Waals surface area contributed by atoms with Crippen molar-refractivity contribution in [3.05, 3.63) is 69.2 Å². The molecular formula is C38H44ClN7O3. The Morgan fingerprint density at radius 1 is 1.00 bits per heavy atom. The van der Waals surface area contributed by atoms with Crippen molar-refractivity contribution < 1.29 is 9.59 Å². The number of fused-ring (bicyclic) bond motifs is 3. The number of anilines is 1. The third kappa shape index (κ3) is 6.79. The number of aromatic amines is 1. The number of nitrogens with zero attached hydrogens (tertiary/aromatic N) is 4. The fourth-order valence-electron chi connectivity index (χ4n) is 8.40. The van der Waals surface area contributed by atoms with Crippen molar-refractivity contribution in [2.75, 3.05) is 45.0 Å². The number of carbonyl (C=O) groups excluding carboxylic acids is 2. The maximum absolute atomic E-state index is 14.2. The fourth-order valence-corrected chi connectivity index (χ4v) is 8.65. The number of hydrogen-bond donors (Lipinski definition) is 3. The maximum Gasteiger partial charge on any atom is 0.326 e. The molecule has 0 saturated carbocycles. The number of H-pyrrole nitrogens is 1. The van der Waals surface area contributed by atoms with Gasteiger partial charge in [0.15, 0.2) is 0 Å². The molecule has 10 nitrogen and oxygen atoms in total. The minimum Gasteiger partial charge on any atom is -0.397 e. The van der Waals surface area contributed by atoms with Crippen molar-refractivity contribution in [1.29, 1.82) is 0 Å². The summed E-state index contributed by atoms with van der Waals surface area (Å²) in [5.74, 6) is 3.35. The molecule has 0 bridgehead atoms. The van der Waals surface area contributed by atoms with E-state index in [0.717, 1.165) is 53.4 Å². The second kappa shape index (κ2) is 14.3. The second-order valence-electron chi connectivity index (χ2n) is 14.0.